The van der Waals surface area contributed by atoms with Crippen LogP contribution in [-0.2, 0) is 6.54 Å². The molecule has 0 unspecified atom stereocenters. The summed E-state index contributed by atoms with van der Waals surface area (Å²) in [7, 11) is 0. The summed E-state index contributed by atoms with van der Waals surface area (Å²) in [5.74, 6) is 2.15. The van der Waals surface area contributed by atoms with Crippen molar-refractivity contribution in [1.82, 2.24) is 4.57 Å². The van der Waals surface area contributed by atoms with Gasteiger partial charge in [0.15, 0.2) is 4.80 Å². The number of benzene rings is 1. The Kier molecular flexibility index (Phi) is 4.95. The van der Waals surface area contributed by atoms with Crippen LogP contribution >= 0.6 is 61.8 Å². The van der Waals surface area contributed by atoms with Gasteiger partial charge in [0.25, 0.3) is 5.91 Å². The molecule has 0 N–H and O–H groups in total. The first kappa shape index (κ1) is 16.7. The van der Waals surface area contributed by atoms with E-state index >= 15 is 0 Å². The van der Waals surface area contributed by atoms with Crippen LogP contribution in [0.5, 0.6) is 0 Å². The van der Waals surface area contributed by atoms with Crippen LogP contribution in [0, 0.1) is 12.3 Å². The molecule has 0 aliphatic carbocycles. The summed E-state index contributed by atoms with van der Waals surface area (Å²) in [5.41, 5.74) is 1.23. The van der Waals surface area contributed by atoms with Crippen molar-refractivity contribution in [2.75, 3.05) is 0 Å². The average molecular weight is 446 g/mol. The minimum Gasteiger partial charge on any atom is -0.305 e. The molecule has 0 spiro atoms. The highest BCUT2D eigenvalue weighted by molar-refractivity contribution is 9.10. The van der Waals surface area contributed by atoms with Gasteiger partial charge in [0.2, 0.25) is 0 Å². The van der Waals surface area contributed by atoms with Gasteiger partial charge in [0.05, 0.1) is 26.7 Å². The van der Waals surface area contributed by atoms with E-state index in [0.717, 1.165) is 26.0 Å². The van der Waals surface area contributed by atoms with Gasteiger partial charge >= 0.3 is 0 Å². The first-order valence-electron chi connectivity index (χ1n) is 6.26. The molecule has 8 heteroatoms. The fourth-order valence-corrected chi connectivity index (χ4v) is 5.04. The molecule has 2 heterocycles. The molecular formula is C15H7BrCl2N2OS2. The number of hydrogen-bond acceptors (Lipinski definition) is 3. The maximum Gasteiger partial charge on any atom is 0.282 e. The molecule has 0 saturated heterocycles. The lowest BCUT2D eigenvalue weighted by molar-refractivity contribution is 0.0998. The van der Waals surface area contributed by atoms with Gasteiger partial charge in [-0.3, -0.25) is 4.79 Å². The molecule has 116 valence electrons. The van der Waals surface area contributed by atoms with Gasteiger partial charge in [0.1, 0.15) is 4.34 Å². The van der Waals surface area contributed by atoms with E-state index in [2.05, 4.69) is 26.8 Å². The minimum atomic E-state index is -0.436. The van der Waals surface area contributed by atoms with Crippen molar-refractivity contribution < 1.29 is 4.79 Å². The van der Waals surface area contributed by atoms with Crippen LogP contribution in [0.3, 0.4) is 0 Å². The second-order valence-corrected chi connectivity index (χ2v) is 8.65. The lowest BCUT2D eigenvalue weighted by atomic mass is 10.3. The van der Waals surface area contributed by atoms with Gasteiger partial charge in [-0.05, 0) is 24.3 Å². The van der Waals surface area contributed by atoms with Crippen LogP contribution in [0.2, 0.25) is 8.67 Å². The number of thiazole rings is 1. The minimum absolute atomic E-state index is 0.299. The first-order valence-corrected chi connectivity index (χ1v) is 9.44. The van der Waals surface area contributed by atoms with Gasteiger partial charge in [-0.1, -0.05) is 56.4 Å². The van der Waals surface area contributed by atoms with Crippen molar-refractivity contribution in [2.45, 2.75) is 6.54 Å². The summed E-state index contributed by atoms with van der Waals surface area (Å²) in [6.45, 7) is 0.325. The fraction of sp³-hybridized carbons (Fsp3) is 0.0667. The van der Waals surface area contributed by atoms with E-state index in [0.29, 0.717) is 25.6 Å². The molecule has 0 fully saturated rings. The number of rotatable bonds is 2. The lowest BCUT2D eigenvalue weighted by Gasteiger charge is -1.99. The number of fused-ring (bicyclic) bond motifs is 1. The Morgan fingerprint density at radius 1 is 1.35 bits per heavy atom. The molecule has 0 aliphatic rings. The van der Waals surface area contributed by atoms with Crippen LogP contribution < -0.4 is 4.80 Å². The molecule has 0 saturated carbocycles. The zero-order chi connectivity index (χ0) is 16.6. The lowest BCUT2D eigenvalue weighted by Crippen LogP contribution is -2.16. The average Bonchev–Trinajstić information content (AvgIpc) is 2.99. The standard InChI is InChI=1S/C15H7BrCl2N2OS2/c1-2-5-20-10-4-3-8(16)6-11(10)22-15(20)19-14(21)9-7-12(17)23-13(9)18/h1,3-4,6-7H,5H2. The van der Waals surface area contributed by atoms with Crippen LogP contribution in [0.4, 0.5) is 0 Å². The summed E-state index contributed by atoms with van der Waals surface area (Å²) in [6.07, 6.45) is 5.44. The van der Waals surface area contributed by atoms with Crippen LogP contribution in [-0.4, -0.2) is 10.5 Å². The van der Waals surface area contributed by atoms with Crippen LogP contribution in [0.15, 0.2) is 33.7 Å². The van der Waals surface area contributed by atoms with E-state index in [1.165, 1.54) is 17.4 Å². The summed E-state index contributed by atoms with van der Waals surface area (Å²) < 4.78 is 4.54. The first-order chi connectivity index (χ1) is 11.0. The SMILES string of the molecule is C#CCn1c(=NC(=O)c2cc(Cl)sc2Cl)sc2cc(Br)ccc21. The second-order valence-electron chi connectivity index (χ2n) is 4.44. The summed E-state index contributed by atoms with van der Waals surface area (Å²) in [4.78, 5) is 17.1. The van der Waals surface area contributed by atoms with Gasteiger partial charge in [-0.2, -0.15) is 4.99 Å². The maximum absolute atomic E-state index is 12.4. The Morgan fingerprint density at radius 2 is 2.13 bits per heavy atom. The molecule has 3 aromatic rings. The molecule has 23 heavy (non-hydrogen) atoms. The van der Waals surface area contributed by atoms with Crippen molar-refractivity contribution in [2.24, 2.45) is 4.99 Å². The number of carbonyl (C=O) groups is 1. The third-order valence-corrected chi connectivity index (χ3v) is 6.00. The van der Waals surface area contributed by atoms with E-state index in [-0.39, 0.29) is 0 Å². The molecule has 3 nitrogen and oxygen atoms in total. The van der Waals surface area contributed by atoms with E-state index in [4.69, 9.17) is 29.6 Å². The molecule has 1 amide bonds. The van der Waals surface area contributed by atoms with Crippen molar-refractivity contribution >= 4 is 77.9 Å². The molecule has 0 aliphatic heterocycles. The van der Waals surface area contributed by atoms with Crippen LogP contribution in [0.25, 0.3) is 10.2 Å². The van der Waals surface area contributed by atoms with Crippen molar-refractivity contribution in [3.63, 3.8) is 0 Å². The van der Waals surface area contributed by atoms with Gasteiger partial charge in [-0.15, -0.1) is 17.8 Å². The number of nitrogens with zero attached hydrogens (tertiary/aromatic N) is 2. The van der Waals surface area contributed by atoms with E-state index in [9.17, 15) is 4.79 Å². The molecule has 0 bridgehead atoms. The highest BCUT2D eigenvalue weighted by Crippen LogP contribution is 2.31. The van der Waals surface area contributed by atoms with E-state index < -0.39 is 5.91 Å². The fourth-order valence-electron chi connectivity index (χ4n) is 2.01. The molecular weight excluding hydrogens is 439 g/mol. The third kappa shape index (κ3) is 3.39. The monoisotopic (exact) mass is 444 g/mol. The Morgan fingerprint density at radius 3 is 2.78 bits per heavy atom. The Bertz CT molecular complexity index is 1030. The molecule has 0 radical (unpaired) electrons. The number of halogens is 3. The van der Waals surface area contributed by atoms with E-state index in [1.807, 2.05) is 22.8 Å². The van der Waals surface area contributed by atoms with Crippen molar-refractivity contribution in [3.05, 3.63) is 47.8 Å². The molecule has 1 aromatic carbocycles. The Hall–Kier alpha value is -1.10. The number of thiophene rings is 1. The van der Waals surface area contributed by atoms with Crippen molar-refractivity contribution in [1.29, 1.82) is 0 Å². The topological polar surface area (TPSA) is 34.4 Å². The number of carbonyl (C=O) groups excluding carboxylic acids is 1. The van der Waals surface area contributed by atoms with E-state index in [1.54, 1.807) is 0 Å². The second kappa shape index (κ2) is 6.80. The zero-order valence-electron chi connectivity index (χ0n) is 11.3. The number of hydrogen-bond donors (Lipinski definition) is 0. The highest BCUT2D eigenvalue weighted by Gasteiger charge is 2.15. The number of terminal acetylenes is 1. The largest absolute Gasteiger partial charge is 0.305 e. The highest BCUT2D eigenvalue weighted by atomic mass is 79.9. The maximum atomic E-state index is 12.4. The quantitative estimate of drug-likeness (QED) is 0.498. The summed E-state index contributed by atoms with van der Waals surface area (Å²) in [6, 6.07) is 7.34. The third-order valence-electron chi connectivity index (χ3n) is 2.98. The smallest absolute Gasteiger partial charge is 0.282 e. The molecule has 3 rings (SSSR count). The molecule has 0 atom stereocenters. The summed E-state index contributed by atoms with van der Waals surface area (Å²) >= 11 is 17.9. The predicted molar refractivity (Wildman–Crippen MR) is 101 cm³/mol. The van der Waals surface area contributed by atoms with Gasteiger partial charge < -0.3 is 4.57 Å². The Labute approximate surface area is 158 Å². The predicted octanol–water partition coefficient (Wildman–Crippen LogP) is 5.21. The Balaban J connectivity index is 2.18. The number of aromatic nitrogens is 1. The van der Waals surface area contributed by atoms with Gasteiger partial charge in [0, 0.05) is 4.47 Å². The van der Waals surface area contributed by atoms with Crippen molar-refractivity contribution in [3.8, 4) is 12.3 Å². The number of amides is 1. The molecule has 2 aromatic heterocycles. The normalized spacial score (nSPS) is 11.8. The van der Waals surface area contributed by atoms with Crippen LogP contribution in [0.1, 0.15) is 10.4 Å². The summed E-state index contributed by atoms with van der Waals surface area (Å²) in [5, 5.41) is 0. The van der Waals surface area contributed by atoms with Gasteiger partial charge in [-0.25, -0.2) is 0 Å². The zero-order valence-corrected chi connectivity index (χ0v) is 16.1.